The SMILES string of the molecule is Cc1ccccc1NC1(C#N)CCc2cc(Br)ccc2C1. The van der Waals surface area contributed by atoms with Gasteiger partial charge in [-0.1, -0.05) is 40.2 Å². The summed E-state index contributed by atoms with van der Waals surface area (Å²) < 4.78 is 1.11. The predicted octanol–water partition coefficient (Wildman–Crippen LogP) is 4.62. The Hall–Kier alpha value is -1.79. The Kier molecular flexibility index (Phi) is 3.73. The van der Waals surface area contributed by atoms with Gasteiger partial charge in [-0.25, -0.2) is 0 Å². The van der Waals surface area contributed by atoms with E-state index in [1.165, 1.54) is 16.7 Å². The zero-order valence-electron chi connectivity index (χ0n) is 12.0. The Bertz CT molecular complexity index is 717. The molecule has 1 aliphatic carbocycles. The van der Waals surface area contributed by atoms with Crippen molar-refractivity contribution in [1.29, 1.82) is 5.26 Å². The van der Waals surface area contributed by atoms with Gasteiger partial charge in [0.15, 0.2) is 0 Å². The molecule has 2 aromatic carbocycles. The highest BCUT2D eigenvalue weighted by atomic mass is 79.9. The van der Waals surface area contributed by atoms with Crippen molar-refractivity contribution in [2.45, 2.75) is 31.7 Å². The molecule has 0 aromatic heterocycles. The van der Waals surface area contributed by atoms with Crippen molar-refractivity contribution in [2.24, 2.45) is 0 Å². The molecule has 2 nitrogen and oxygen atoms in total. The summed E-state index contributed by atoms with van der Waals surface area (Å²) in [5.74, 6) is 0. The average Bonchev–Trinajstić information content (AvgIpc) is 2.50. The fourth-order valence-electron chi connectivity index (χ4n) is 2.96. The first kappa shape index (κ1) is 14.2. The Morgan fingerprint density at radius 3 is 2.76 bits per heavy atom. The van der Waals surface area contributed by atoms with Crippen LogP contribution in [0.2, 0.25) is 0 Å². The van der Waals surface area contributed by atoms with Crippen molar-refractivity contribution in [3.63, 3.8) is 0 Å². The van der Waals surface area contributed by atoms with Crippen LogP contribution in [0.4, 0.5) is 5.69 Å². The monoisotopic (exact) mass is 340 g/mol. The van der Waals surface area contributed by atoms with Gasteiger partial charge in [0.1, 0.15) is 5.54 Å². The molecular weight excluding hydrogens is 324 g/mol. The van der Waals surface area contributed by atoms with Crippen LogP contribution in [0.5, 0.6) is 0 Å². The largest absolute Gasteiger partial charge is 0.367 e. The predicted molar refractivity (Wildman–Crippen MR) is 89.3 cm³/mol. The van der Waals surface area contributed by atoms with Crippen LogP contribution in [0.3, 0.4) is 0 Å². The molecule has 0 bridgehead atoms. The Morgan fingerprint density at radius 2 is 2.00 bits per heavy atom. The van der Waals surface area contributed by atoms with E-state index in [-0.39, 0.29) is 0 Å². The molecule has 21 heavy (non-hydrogen) atoms. The molecule has 1 unspecified atom stereocenters. The van der Waals surface area contributed by atoms with Gasteiger partial charge in [0.25, 0.3) is 0 Å². The van der Waals surface area contributed by atoms with Gasteiger partial charge in [0, 0.05) is 16.6 Å². The Labute approximate surface area is 133 Å². The highest BCUT2D eigenvalue weighted by Crippen LogP contribution is 2.33. The Balaban J connectivity index is 1.91. The zero-order chi connectivity index (χ0) is 14.9. The second kappa shape index (κ2) is 5.54. The molecule has 2 aromatic rings. The number of hydrogen-bond acceptors (Lipinski definition) is 2. The zero-order valence-corrected chi connectivity index (χ0v) is 13.6. The van der Waals surface area contributed by atoms with E-state index in [1.54, 1.807) is 0 Å². The van der Waals surface area contributed by atoms with Crippen LogP contribution in [-0.2, 0) is 12.8 Å². The maximum absolute atomic E-state index is 9.75. The van der Waals surface area contributed by atoms with Crippen molar-refractivity contribution in [1.82, 2.24) is 0 Å². The molecular formula is C18H17BrN2. The summed E-state index contributed by atoms with van der Waals surface area (Å²) >= 11 is 3.52. The minimum absolute atomic E-state index is 0.507. The van der Waals surface area contributed by atoms with E-state index in [1.807, 2.05) is 18.2 Å². The number of rotatable bonds is 2. The molecule has 0 aliphatic heterocycles. The summed E-state index contributed by atoms with van der Waals surface area (Å²) in [5, 5.41) is 13.2. The molecule has 0 radical (unpaired) electrons. The van der Waals surface area contributed by atoms with Crippen molar-refractivity contribution < 1.29 is 0 Å². The number of anilines is 1. The first-order chi connectivity index (χ1) is 10.1. The van der Waals surface area contributed by atoms with Crippen molar-refractivity contribution in [3.05, 3.63) is 63.6 Å². The van der Waals surface area contributed by atoms with E-state index in [2.05, 4.69) is 58.5 Å². The summed E-state index contributed by atoms with van der Waals surface area (Å²) in [4.78, 5) is 0. The van der Waals surface area contributed by atoms with E-state index in [0.29, 0.717) is 0 Å². The molecule has 3 heteroatoms. The van der Waals surface area contributed by atoms with Gasteiger partial charge < -0.3 is 5.32 Å². The number of aryl methyl sites for hydroxylation is 2. The van der Waals surface area contributed by atoms with Crippen LogP contribution < -0.4 is 5.32 Å². The minimum atomic E-state index is -0.507. The van der Waals surface area contributed by atoms with Gasteiger partial charge >= 0.3 is 0 Å². The lowest BCUT2D eigenvalue weighted by Gasteiger charge is -2.34. The number of nitrogens with one attached hydrogen (secondary N) is 1. The maximum Gasteiger partial charge on any atom is 0.129 e. The van der Waals surface area contributed by atoms with E-state index in [4.69, 9.17) is 0 Å². The summed E-state index contributed by atoms with van der Waals surface area (Å²) in [5.41, 5.74) is 4.34. The fraction of sp³-hybridized carbons (Fsp3) is 0.278. The van der Waals surface area contributed by atoms with E-state index in [0.717, 1.165) is 29.4 Å². The summed E-state index contributed by atoms with van der Waals surface area (Å²) in [6.45, 7) is 2.07. The van der Waals surface area contributed by atoms with E-state index >= 15 is 0 Å². The summed E-state index contributed by atoms with van der Waals surface area (Å²) in [7, 11) is 0. The summed E-state index contributed by atoms with van der Waals surface area (Å²) in [6, 6.07) is 17.0. The van der Waals surface area contributed by atoms with Crippen LogP contribution in [0.1, 0.15) is 23.1 Å². The van der Waals surface area contributed by atoms with Gasteiger partial charge in [0.2, 0.25) is 0 Å². The molecule has 0 saturated heterocycles. The van der Waals surface area contributed by atoms with Crippen molar-refractivity contribution in [2.75, 3.05) is 5.32 Å². The molecule has 1 aliphatic rings. The molecule has 0 saturated carbocycles. The first-order valence-corrected chi connectivity index (χ1v) is 7.94. The van der Waals surface area contributed by atoms with E-state index < -0.39 is 5.54 Å². The lowest BCUT2D eigenvalue weighted by atomic mass is 9.78. The molecule has 3 rings (SSSR count). The lowest BCUT2D eigenvalue weighted by molar-refractivity contribution is 0.506. The quantitative estimate of drug-likeness (QED) is 0.865. The number of nitrogens with zero attached hydrogens (tertiary/aromatic N) is 1. The van der Waals surface area contributed by atoms with Gasteiger partial charge in [-0.3, -0.25) is 0 Å². The number of nitriles is 1. The number of fused-ring (bicyclic) bond motifs is 1. The fourth-order valence-corrected chi connectivity index (χ4v) is 3.37. The van der Waals surface area contributed by atoms with Crippen LogP contribution in [0.15, 0.2) is 46.9 Å². The standard InChI is InChI=1S/C18H17BrN2/c1-13-4-2-3-5-17(13)21-18(12-20)9-8-14-10-16(19)7-6-15(14)11-18/h2-7,10,21H,8-9,11H2,1H3. The van der Waals surface area contributed by atoms with Gasteiger partial charge in [-0.05, 0) is 54.7 Å². The normalized spacial score (nSPS) is 20.4. The smallest absolute Gasteiger partial charge is 0.129 e. The van der Waals surface area contributed by atoms with Crippen molar-refractivity contribution in [3.8, 4) is 6.07 Å². The van der Waals surface area contributed by atoms with Gasteiger partial charge in [0.05, 0.1) is 6.07 Å². The third-order valence-electron chi connectivity index (χ3n) is 4.21. The Morgan fingerprint density at radius 1 is 1.19 bits per heavy atom. The van der Waals surface area contributed by atoms with Crippen molar-refractivity contribution >= 4 is 21.6 Å². The number of hydrogen-bond donors (Lipinski definition) is 1. The van der Waals surface area contributed by atoms with Crippen LogP contribution >= 0.6 is 15.9 Å². The van der Waals surface area contributed by atoms with Crippen LogP contribution in [0, 0.1) is 18.3 Å². The van der Waals surface area contributed by atoms with Crippen LogP contribution in [-0.4, -0.2) is 5.54 Å². The third kappa shape index (κ3) is 2.82. The average molecular weight is 341 g/mol. The molecule has 1 atom stereocenters. The molecule has 106 valence electrons. The lowest BCUT2D eigenvalue weighted by Crippen LogP contribution is -2.42. The second-order valence-corrected chi connectivity index (χ2v) is 6.64. The van der Waals surface area contributed by atoms with Gasteiger partial charge in [-0.2, -0.15) is 5.26 Å². The molecule has 0 heterocycles. The molecule has 0 amide bonds. The molecule has 0 spiro atoms. The number of benzene rings is 2. The first-order valence-electron chi connectivity index (χ1n) is 7.14. The minimum Gasteiger partial charge on any atom is -0.367 e. The summed E-state index contributed by atoms with van der Waals surface area (Å²) in [6.07, 6.45) is 2.52. The third-order valence-corrected chi connectivity index (χ3v) is 4.71. The maximum atomic E-state index is 9.75. The topological polar surface area (TPSA) is 35.8 Å². The highest BCUT2D eigenvalue weighted by molar-refractivity contribution is 9.10. The van der Waals surface area contributed by atoms with E-state index in [9.17, 15) is 5.26 Å². The highest BCUT2D eigenvalue weighted by Gasteiger charge is 2.34. The van der Waals surface area contributed by atoms with Crippen LogP contribution in [0.25, 0.3) is 0 Å². The van der Waals surface area contributed by atoms with Gasteiger partial charge in [-0.15, -0.1) is 0 Å². The number of para-hydroxylation sites is 1. The molecule has 0 fully saturated rings. The molecule has 1 N–H and O–H groups in total. The second-order valence-electron chi connectivity index (χ2n) is 5.72. The number of halogens is 1.